The Morgan fingerprint density at radius 3 is 1.02 bits per heavy atom. The molecule has 2 aliphatic heterocycles. The molecule has 0 spiro atoms. The summed E-state index contributed by atoms with van der Waals surface area (Å²) in [6, 6.07) is 38.5. The van der Waals surface area contributed by atoms with Gasteiger partial charge in [-0.3, -0.25) is 0 Å². The van der Waals surface area contributed by atoms with Crippen LogP contribution in [-0.4, -0.2) is 16.1 Å². The second kappa shape index (κ2) is 9.26. The highest BCUT2D eigenvalue weighted by molar-refractivity contribution is 7.05. The molecule has 0 saturated heterocycles. The van der Waals surface area contributed by atoms with Crippen LogP contribution >= 0.6 is 0 Å². The molecule has 216 valence electrons. The van der Waals surface area contributed by atoms with Crippen molar-refractivity contribution in [2.45, 2.75) is 53.9 Å². The van der Waals surface area contributed by atoms with E-state index >= 15 is 0 Å². The maximum Gasteiger partial charge on any atom is 0.113 e. The van der Waals surface area contributed by atoms with E-state index in [2.05, 4.69) is 151 Å². The molecule has 8 rings (SSSR count). The average molecular weight is 601 g/mol. The second-order valence-corrected chi connectivity index (χ2v) is 23.2. The SMILES string of the molecule is Cc1cc(C)cc(-c2ccc3c(c2)[Si](C)(C)c2ccc4c5c(ccc-3c25)-c2ccc(-c3cc(C)cc(C)c3)cc2[Si]4(C)C)c1. The summed E-state index contributed by atoms with van der Waals surface area (Å²) in [6.07, 6.45) is 0. The van der Waals surface area contributed by atoms with Crippen molar-refractivity contribution in [3.63, 3.8) is 0 Å². The summed E-state index contributed by atoms with van der Waals surface area (Å²) in [4.78, 5) is 0. The van der Waals surface area contributed by atoms with Crippen molar-refractivity contribution in [3.05, 3.63) is 119 Å². The maximum atomic E-state index is 2.57. The minimum Gasteiger partial charge on any atom is -0.0620 e. The zero-order valence-corrected chi connectivity index (χ0v) is 29.2. The van der Waals surface area contributed by atoms with Crippen molar-refractivity contribution in [1.29, 1.82) is 0 Å². The highest BCUT2D eigenvalue weighted by Crippen LogP contribution is 2.42. The Bertz CT molecular complexity index is 2020. The lowest BCUT2D eigenvalue weighted by Gasteiger charge is -2.39. The summed E-state index contributed by atoms with van der Waals surface area (Å²) < 4.78 is 0. The van der Waals surface area contributed by atoms with Crippen molar-refractivity contribution < 1.29 is 0 Å². The number of hydrogen-bond donors (Lipinski definition) is 0. The fraction of sp³-hybridized carbons (Fsp3) is 0.190. The number of fused-ring (bicyclic) bond motifs is 4. The van der Waals surface area contributed by atoms with Crippen molar-refractivity contribution in [2.75, 3.05) is 0 Å². The van der Waals surface area contributed by atoms with E-state index in [1.54, 1.807) is 20.7 Å². The first-order chi connectivity index (χ1) is 20.9. The molecule has 6 aromatic carbocycles. The molecule has 44 heavy (non-hydrogen) atoms. The predicted molar refractivity (Wildman–Crippen MR) is 198 cm³/mol. The van der Waals surface area contributed by atoms with Crippen LogP contribution in [0.3, 0.4) is 0 Å². The van der Waals surface area contributed by atoms with Crippen molar-refractivity contribution in [3.8, 4) is 44.5 Å². The zero-order valence-electron chi connectivity index (χ0n) is 27.2. The summed E-state index contributed by atoms with van der Waals surface area (Å²) in [5.74, 6) is 0. The Balaban J connectivity index is 1.36. The third-order valence-corrected chi connectivity index (χ3v) is 17.6. The van der Waals surface area contributed by atoms with Crippen molar-refractivity contribution in [2.24, 2.45) is 0 Å². The predicted octanol–water partition coefficient (Wildman–Crippen LogP) is 9.01. The van der Waals surface area contributed by atoms with Crippen molar-refractivity contribution >= 4 is 47.7 Å². The summed E-state index contributed by atoms with van der Waals surface area (Å²) in [7, 11) is -3.95. The van der Waals surface area contributed by atoms with Crippen LogP contribution in [0.5, 0.6) is 0 Å². The lowest BCUT2D eigenvalue weighted by molar-refractivity contribution is 1.38. The van der Waals surface area contributed by atoms with Gasteiger partial charge in [0.05, 0.1) is 0 Å². The van der Waals surface area contributed by atoms with E-state index < -0.39 is 16.1 Å². The summed E-state index contributed by atoms with van der Waals surface area (Å²) >= 11 is 0. The van der Waals surface area contributed by atoms with Gasteiger partial charge < -0.3 is 0 Å². The third kappa shape index (κ3) is 3.87. The molecule has 2 aliphatic rings. The van der Waals surface area contributed by atoms with Crippen LogP contribution in [0.2, 0.25) is 26.2 Å². The molecule has 0 unspecified atom stereocenters. The van der Waals surface area contributed by atoms with E-state index in [0.717, 1.165) is 0 Å². The van der Waals surface area contributed by atoms with Crippen LogP contribution in [-0.2, 0) is 0 Å². The first-order valence-corrected chi connectivity index (χ1v) is 22.0. The second-order valence-electron chi connectivity index (χ2n) is 14.6. The smallest absolute Gasteiger partial charge is 0.0620 e. The molecule has 0 aromatic heterocycles. The van der Waals surface area contributed by atoms with Gasteiger partial charge in [0.2, 0.25) is 0 Å². The number of rotatable bonds is 2. The van der Waals surface area contributed by atoms with Gasteiger partial charge in [0.15, 0.2) is 0 Å². The third-order valence-electron chi connectivity index (χ3n) is 10.6. The van der Waals surface area contributed by atoms with Gasteiger partial charge in [-0.05, 0) is 104 Å². The molecule has 2 heteroatoms. The Kier molecular flexibility index (Phi) is 5.80. The van der Waals surface area contributed by atoms with E-state index in [4.69, 9.17) is 0 Å². The molecule has 0 bridgehead atoms. The summed E-state index contributed by atoms with van der Waals surface area (Å²) in [6.45, 7) is 19.1. The highest BCUT2D eigenvalue weighted by atomic mass is 28.3. The number of hydrogen-bond acceptors (Lipinski definition) is 0. The average Bonchev–Trinajstić information content (AvgIpc) is 2.97. The van der Waals surface area contributed by atoms with Crippen LogP contribution in [0.4, 0.5) is 0 Å². The van der Waals surface area contributed by atoms with Crippen LogP contribution in [0.25, 0.3) is 55.3 Å². The minimum absolute atomic E-state index is 1.33. The van der Waals surface area contributed by atoms with Crippen LogP contribution < -0.4 is 20.7 Å². The van der Waals surface area contributed by atoms with Gasteiger partial charge in [0.1, 0.15) is 16.1 Å². The fourth-order valence-corrected chi connectivity index (χ4v) is 14.7. The summed E-state index contributed by atoms with van der Waals surface area (Å²) in [5, 5.41) is 9.39. The number of benzene rings is 6. The van der Waals surface area contributed by atoms with Gasteiger partial charge in [0, 0.05) is 0 Å². The Labute approximate surface area is 264 Å². The first-order valence-electron chi connectivity index (χ1n) is 16.0. The minimum atomic E-state index is -1.97. The van der Waals surface area contributed by atoms with Gasteiger partial charge in [-0.1, -0.05) is 146 Å². The van der Waals surface area contributed by atoms with Crippen LogP contribution in [0.1, 0.15) is 22.3 Å². The topological polar surface area (TPSA) is 0 Å². The Morgan fingerprint density at radius 2 is 0.659 bits per heavy atom. The fourth-order valence-electron chi connectivity index (χ4n) is 8.51. The van der Waals surface area contributed by atoms with Gasteiger partial charge >= 0.3 is 0 Å². The van der Waals surface area contributed by atoms with Crippen LogP contribution in [0.15, 0.2) is 97.1 Å². The van der Waals surface area contributed by atoms with E-state index in [1.165, 1.54) is 77.5 Å². The van der Waals surface area contributed by atoms with Gasteiger partial charge in [-0.2, -0.15) is 0 Å². The van der Waals surface area contributed by atoms with E-state index in [1.807, 2.05) is 0 Å². The molecular formula is C42H40Si2. The zero-order chi connectivity index (χ0) is 30.7. The molecule has 0 saturated carbocycles. The number of aryl methyl sites for hydroxylation is 4. The Hall–Kier alpha value is -3.99. The van der Waals surface area contributed by atoms with Gasteiger partial charge in [-0.15, -0.1) is 0 Å². The van der Waals surface area contributed by atoms with E-state index in [0.29, 0.717) is 0 Å². The lowest BCUT2D eigenvalue weighted by atomic mass is 9.89. The summed E-state index contributed by atoms with van der Waals surface area (Å²) in [5.41, 5.74) is 16.4. The molecule has 0 nitrogen and oxygen atoms in total. The maximum absolute atomic E-state index is 2.57. The molecule has 0 radical (unpaired) electrons. The molecule has 0 aliphatic carbocycles. The van der Waals surface area contributed by atoms with Crippen molar-refractivity contribution in [1.82, 2.24) is 0 Å². The molecule has 0 N–H and O–H groups in total. The molecule has 0 atom stereocenters. The van der Waals surface area contributed by atoms with E-state index in [9.17, 15) is 0 Å². The highest BCUT2D eigenvalue weighted by Gasteiger charge is 2.41. The first kappa shape index (κ1) is 27.6. The molecule has 0 amide bonds. The normalized spacial score (nSPS) is 15.2. The molecule has 6 aromatic rings. The largest absolute Gasteiger partial charge is 0.113 e. The lowest BCUT2D eigenvalue weighted by Crippen LogP contribution is -2.59. The quantitative estimate of drug-likeness (QED) is 0.174. The van der Waals surface area contributed by atoms with Gasteiger partial charge in [0.25, 0.3) is 0 Å². The monoisotopic (exact) mass is 600 g/mol. The van der Waals surface area contributed by atoms with Gasteiger partial charge in [-0.25, -0.2) is 0 Å². The van der Waals surface area contributed by atoms with E-state index in [-0.39, 0.29) is 0 Å². The molecular weight excluding hydrogens is 561 g/mol. The standard InChI is InChI=1S/C42H40Si2/c1-25-17-26(2)20-31(19-25)29-9-11-33-35-13-14-36-34-12-10-30(32-21-27(3)18-28(4)22-32)24-40(34)44(7,8)38-16-15-37(41(35)42(36)38)43(5,6)39(33)23-29/h9-24H,1-8H3. The molecule has 2 heterocycles. The Morgan fingerprint density at radius 1 is 0.318 bits per heavy atom. The van der Waals surface area contributed by atoms with Crippen LogP contribution in [0, 0.1) is 27.7 Å². The molecule has 0 fully saturated rings.